The number of likely N-dealkylation sites (tertiary alicyclic amines) is 1. The van der Waals surface area contributed by atoms with Gasteiger partial charge in [-0.1, -0.05) is 43.6 Å². The van der Waals surface area contributed by atoms with Crippen LogP contribution < -0.4 is 5.32 Å². The minimum Gasteiger partial charge on any atom is -0.353 e. The topological polar surface area (TPSA) is 49.4 Å². The fraction of sp³-hybridized carbons (Fsp3) is 0.556. The molecule has 0 saturated carbocycles. The highest BCUT2D eigenvalue weighted by Crippen LogP contribution is 2.17. The van der Waals surface area contributed by atoms with Gasteiger partial charge >= 0.3 is 0 Å². The van der Waals surface area contributed by atoms with Gasteiger partial charge in [-0.05, 0) is 30.4 Å². The molecule has 2 rings (SSSR count). The van der Waals surface area contributed by atoms with E-state index in [1.54, 1.807) is 6.07 Å². The van der Waals surface area contributed by atoms with E-state index in [1.807, 2.05) is 23.1 Å². The van der Waals surface area contributed by atoms with Gasteiger partial charge in [0.15, 0.2) is 0 Å². The van der Waals surface area contributed by atoms with Gasteiger partial charge in [-0.3, -0.25) is 9.59 Å². The number of hydrogen-bond acceptors (Lipinski definition) is 2. The molecule has 0 aromatic heterocycles. The van der Waals surface area contributed by atoms with E-state index in [9.17, 15) is 9.59 Å². The number of amides is 2. The van der Waals surface area contributed by atoms with E-state index in [-0.39, 0.29) is 17.9 Å². The van der Waals surface area contributed by atoms with Crippen LogP contribution in [0.2, 0.25) is 5.02 Å². The van der Waals surface area contributed by atoms with Gasteiger partial charge in [0, 0.05) is 30.6 Å². The predicted molar refractivity (Wildman–Crippen MR) is 92.4 cm³/mol. The van der Waals surface area contributed by atoms with Gasteiger partial charge in [0.25, 0.3) is 0 Å². The first kappa shape index (κ1) is 17.8. The summed E-state index contributed by atoms with van der Waals surface area (Å²) in [6, 6.07) is 7.55. The van der Waals surface area contributed by atoms with Crippen LogP contribution >= 0.6 is 11.6 Å². The summed E-state index contributed by atoms with van der Waals surface area (Å²) in [4.78, 5) is 26.1. The van der Waals surface area contributed by atoms with Crippen LogP contribution in [0.1, 0.15) is 38.7 Å². The van der Waals surface area contributed by atoms with Crippen LogP contribution in [0, 0.1) is 5.92 Å². The van der Waals surface area contributed by atoms with E-state index in [1.165, 1.54) is 0 Å². The molecule has 1 fully saturated rings. The summed E-state index contributed by atoms with van der Waals surface area (Å²) >= 11 is 6.08. The Kier molecular flexibility index (Phi) is 6.46. The summed E-state index contributed by atoms with van der Waals surface area (Å²) in [5.74, 6) is 0.599. The maximum absolute atomic E-state index is 12.1. The lowest BCUT2D eigenvalue weighted by Crippen LogP contribution is -2.47. The smallest absolute Gasteiger partial charge is 0.224 e. The Balaban J connectivity index is 1.77. The largest absolute Gasteiger partial charge is 0.353 e. The van der Waals surface area contributed by atoms with Crippen molar-refractivity contribution in [1.29, 1.82) is 0 Å². The fourth-order valence-electron chi connectivity index (χ4n) is 2.85. The zero-order valence-corrected chi connectivity index (χ0v) is 14.6. The van der Waals surface area contributed by atoms with Crippen molar-refractivity contribution in [1.82, 2.24) is 10.2 Å². The molecule has 23 heavy (non-hydrogen) atoms. The molecule has 2 amide bonds. The molecule has 0 bridgehead atoms. The Morgan fingerprint density at radius 1 is 1.26 bits per heavy atom. The molecule has 1 aromatic rings. The van der Waals surface area contributed by atoms with Crippen LogP contribution in [0.4, 0.5) is 0 Å². The highest BCUT2D eigenvalue weighted by atomic mass is 35.5. The molecule has 1 N–H and O–H groups in total. The first-order valence-electron chi connectivity index (χ1n) is 8.26. The van der Waals surface area contributed by atoms with E-state index in [4.69, 9.17) is 11.6 Å². The van der Waals surface area contributed by atoms with Crippen LogP contribution in [0.15, 0.2) is 24.3 Å². The van der Waals surface area contributed by atoms with Crippen LogP contribution in [-0.2, 0) is 16.0 Å². The third-order valence-corrected chi connectivity index (χ3v) is 4.47. The van der Waals surface area contributed by atoms with Gasteiger partial charge in [0.1, 0.15) is 0 Å². The summed E-state index contributed by atoms with van der Waals surface area (Å²) < 4.78 is 0. The summed E-state index contributed by atoms with van der Waals surface area (Å²) in [6.45, 7) is 5.56. The van der Waals surface area contributed by atoms with Crippen molar-refractivity contribution in [2.24, 2.45) is 5.92 Å². The lowest BCUT2D eigenvalue weighted by atomic mass is 10.0. The molecule has 1 aliphatic heterocycles. The molecular formula is C18H25ClN2O2. The zero-order valence-electron chi connectivity index (χ0n) is 13.8. The van der Waals surface area contributed by atoms with E-state index in [0.717, 1.165) is 31.5 Å². The van der Waals surface area contributed by atoms with Gasteiger partial charge in [0.05, 0.1) is 6.42 Å². The Bertz CT molecular complexity index is 552. The molecule has 0 aliphatic carbocycles. The minimum atomic E-state index is -0.00921. The van der Waals surface area contributed by atoms with Crippen molar-refractivity contribution >= 4 is 23.4 Å². The molecule has 5 heteroatoms. The second kappa shape index (κ2) is 8.34. The molecule has 126 valence electrons. The SMILES string of the molecule is CC(C)CC(=O)N1CCC(NC(=O)Cc2ccccc2Cl)CC1. The molecule has 0 unspecified atom stereocenters. The molecule has 1 aliphatic rings. The van der Waals surface area contributed by atoms with Crippen molar-refractivity contribution in [3.63, 3.8) is 0 Å². The summed E-state index contributed by atoms with van der Waals surface area (Å²) in [5.41, 5.74) is 0.844. The third kappa shape index (κ3) is 5.54. The summed E-state index contributed by atoms with van der Waals surface area (Å²) in [6.07, 6.45) is 2.53. The molecule has 1 heterocycles. The van der Waals surface area contributed by atoms with Gasteiger partial charge in [-0.25, -0.2) is 0 Å². The Morgan fingerprint density at radius 2 is 1.91 bits per heavy atom. The quantitative estimate of drug-likeness (QED) is 0.898. The highest BCUT2D eigenvalue weighted by molar-refractivity contribution is 6.31. The minimum absolute atomic E-state index is 0.00921. The highest BCUT2D eigenvalue weighted by Gasteiger charge is 2.24. The number of carbonyl (C=O) groups excluding carboxylic acids is 2. The van der Waals surface area contributed by atoms with Gasteiger partial charge < -0.3 is 10.2 Å². The van der Waals surface area contributed by atoms with E-state index in [2.05, 4.69) is 19.2 Å². The third-order valence-electron chi connectivity index (χ3n) is 4.10. The van der Waals surface area contributed by atoms with E-state index >= 15 is 0 Å². The van der Waals surface area contributed by atoms with Crippen molar-refractivity contribution in [3.05, 3.63) is 34.9 Å². The maximum atomic E-state index is 12.1. The average Bonchev–Trinajstić information content (AvgIpc) is 2.49. The number of piperidine rings is 1. The maximum Gasteiger partial charge on any atom is 0.224 e. The van der Waals surface area contributed by atoms with Crippen molar-refractivity contribution in [2.75, 3.05) is 13.1 Å². The lowest BCUT2D eigenvalue weighted by molar-refractivity contribution is -0.133. The average molecular weight is 337 g/mol. The summed E-state index contributed by atoms with van der Waals surface area (Å²) in [5, 5.41) is 3.68. The monoisotopic (exact) mass is 336 g/mol. The normalized spacial score (nSPS) is 15.7. The van der Waals surface area contributed by atoms with Crippen LogP contribution in [0.25, 0.3) is 0 Å². The molecule has 0 radical (unpaired) electrons. The lowest BCUT2D eigenvalue weighted by Gasteiger charge is -2.33. The number of hydrogen-bond donors (Lipinski definition) is 1. The first-order valence-corrected chi connectivity index (χ1v) is 8.64. The second-order valence-corrected chi connectivity index (χ2v) is 7.00. The Hall–Kier alpha value is -1.55. The molecular weight excluding hydrogens is 312 g/mol. The van der Waals surface area contributed by atoms with Crippen molar-refractivity contribution in [2.45, 2.75) is 45.6 Å². The fourth-order valence-corrected chi connectivity index (χ4v) is 3.05. The van der Waals surface area contributed by atoms with Crippen LogP contribution in [0.3, 0.4) is 0 Å². The van der Waals surface area contributed by atoms with Crippen LogP contribution in [-0.4, -0.2) is 35.8 Å². The predicted octanol–water partition coefficient (Wildman–Crippen LogP) is 3.04. The summed E-state index contributed by atoms with van der Waals surface area (Å²) in [7, 11) is 0. The number of rotatable bonds is 5. The van der Waals surface area contributed by atoms with Crippen LogP contribution in [0.5, 0.6) is 0 Å². The van der Waals surface area contributed by atoms with Gasteiger partial charge in [0.2, 0.25) is 11.8 Å². The van der Waals surface area contributed by atoms with E-state index < -0.39 is 0 Å². The Morgan fingerprint density at radius 3 is 2.52 bits per heavy atom. The number of benzene rings is 1. The molecule has 1 saturated heterocycles. The number of halogens is 1. The zero-order chi connectivity index (χ0) is 16.8. The molecule has 4 nitrogen and oxygen atoms in total. The van der Waals surface area contributed by atoms with E-state index in [0.29, 0.717) is 23.8 Å². The molecule has 0 spiro atoms. The second-order valence-electron chi connectivity index (χ2n) is 6.59. The molecule has 1 aromatic carbocycles. The number of nitrogens with one attached hydrogen (secondary N) is 1. The van der Waals surface area contributed by atoms with Gasteiger partial charge in [-0.15, -0.1) is 0 Å². The van der Waals surface area contributed by atoms with Gasteiger partial charge in [-0.2, -0.15) is 0 Å². The number of carbonyl (C=O) groups is 2. The Labute approximate surface area is 143 Å². The standard InChI is InChI=1S/C18H25ClN2O2/c1-13(2)11-18(23)21-9-7-15(8-10-21)20-17(22)12-14-5-3-4-6-16(14)19/h3-6,13,15H,7-12H2,1-2H3,(H,20,22). The first-order chi connectivity index (χ1) is 11.0. The molecule has 0 atom stereocenters. The van der Waals surface area contributed by atoms with Crippen molar-refractivity contribution < 1.29 is 9.59 Å². The van der Waals surface area contributed by atoms with Crippen molar-refractivity contribution in [3.8, 4) is 0 Å². The number of nitrogens with zero attached hydrogens (tertiary/aromatic N) is 1.